The van der Waals surface area contributed by atoms with E-state index in [0.29, 0.717) is 25.4 Å². The van der Waals surface area contributed by atoms with Gasteiger partial charge < -0.3 is 9.47 Å². The molecule has 0 saturated heterocycles. The molecule has 94 valence electrons. The normalized spacial score (nSPS) is 17.9. The van der Waals surface area contributed by atoms with Crippen LogP contribution in [0.15, 0.2) is 0 Å². The molecule has 1 fully saturated rings. The minimum atomic E-state index is -0.329. The topological polar surface area (TPSA) is 35.5 Å². The maximum Gasteiger partial charge on any atom is 0.164 e. The Morgan fingerprint density at radius 3 is 2.19 bits per heavy atom. The van der Waals surface area contributed by atoms with Gasteiger partial charge in [-0.1, -0.05) is 19.3 Å². The molecule has 0 unspecified atom stereocenters. The fourth-order valence-electron chi connectivity index (χ4n) is 2.29. The van der Waals surface area contributed by atoms with Crippen molar-refractivity contribution in [3.8, 4) is 0 Å². The van der Waals surface area contributed by atoms with Crippen LogP contribution in [0.3, 0.4) is 0 Å². The highest BCUT2D eigenvalue weighted by Gasteiger charge is 2.24. The third-order valence-corrected chi connectivity index (χ3v) is 3.13. The zero-order valence-corrected chi connectivity index (χ0v) is 10.5. The van der Waals surface area contributed by atoms with Gasteiger partial charge in [0.15, 0.2) is 6.29 Å². The minimum absolute atomic E-state index is 0.261. The first kappa shape index (κ1) is 13.7. The molecule has 0 bridgehead atoms. The van der Waals surface area contributed by atoms with E-state index in [0.717, 1.165) is 12.8 Å². The lowest BCUT2D eigenvalue weighted by atomic mass is 9.85. The average molecular weight is 228 g/mol. The van der Waals surface area contributed by atoms with E-state index in [1.165, 1.54) is 19.3 Å². The molecule has 0 aliphatic heterocycles. The molecule has 0 spiro atoms. The molecule has 1 saturated carbocycles. The van der Waals surface area contributed by atoms with Gasteiger partial charge in [-0.15, -0.1) is 0 Å². The summed E-state index contributed by atoms with van der Waals surface area (Å²) in [5, 5.41) is 0. The van der Waals surface area contributed by atoms with Gasteiger partial charge in [0.25, 0.3) is 0 Å². The van der Waals surface area contributed by atoms with Crippen molar-refractivity contribution in [1.82, 2.24) is 0 Å². The van der Waals surface area contributed by atoms with Crippen molar-refractivity contribution in [2.45, 2.75) is 58.7 Å². The molecule has 3 nitrogen and oxygen atoms in total. The molecule has 0 amide bonds. The van der Waals surface area contributed by atoms with Gasteiger partial charge in [-0.2, -0.15) is 0 Å². The second kappa shape index (κ2) is 7.80. The molecule has 16 heavy (non-hydrogen) atoms. The monoisotopic (exact) mass is 228 g/mol. The van der Waals surface area contributed by atoms with Crippen LogP contribution in [-0.4, -0.2) is 25.3 Å². The van der Waals surface area contributed by atoms with Crippen LogP contribution in [0, 0.1) is 5.92 Å². The highest BCUT2D eigenvalue weighted by Crippen LogP contribution is 2.26. The van der Waals surface area contributed by atoms with E-state index in [-0.39, 0.29) is 12.2 Å². The Bertz CT molecular complexity index is 191. The van der Waals surface area contributed by atoms with Crippen molar-refractivity contribution >= 4 is 5.78 Å². The molecular weight excluding hydrogens is 204 g/mol. The standard InChI is InChI=1S/C13H24O3/c1-3-15-13(16-4-2)10-12(14)11-8-6-5-7-9-11/h11,13H,3-10H2,1-2H3. The number of ether oxygens (including phenoxy) is 2. The lowest BCUT2D eigenvalue weighted by Crippen LogP contribution is -2.26. The Morgan fingerprint density at radius 2 is 1.69 bits per heavy atom. The fourth-order valence-corrected chi connectivity index (χ4v) is 2.29. The molecule has 0 aromatic rings. The Morgan fingerprint density at radius 1 is 1.12 bits per heavy atom. The second-order valence-corrected chi connectivity index (χ2v) is 4.35. The first-order chi connectivity index (χ1) is 7.77. The van der Waals surface area contributed by atoms with E-state index in [9.17, 15) is 4.79 Å². The number of ketones is 1. The highest BCUT2D eigenvalue weighted by molar-refractivity contribution is 5.81. The SMILES string of the molecule is CCOC(CC(=O)C1CCCCC1)OCC. The molecule has 0 radical (unpaired) electrons. The van der Waals surface area contributed by atoms with Gasteiger partial charge in [0.05, 0.1) is 6.42 Å². The number of hydrogen-bond donors (Lipinski definition) is 0. The number of rotatable bonds is 7. The Kier molecular flexibility index (Phi) is 6.65. The van der Waals surface area contributed by atoms with Crippen LogP contribution < -0.4 is 0 Å². The number of Topliss-reactive ketones (excluding diaryl/α,β-unsaturated/α-hetero) is 1. The van der Waals surface area contributed by atoms with Crippen molar-refractivity contribution in [2.24, 2.45) is 5.92 Å². The summed E-state index contributed by atoms with van der Waals surface area (Å²) in [5.74, 6) is 0.587. The van der Waals surface area contributed by atoms with Gasteiger partial charge >= 0.3 is 0 Å². The van der Waals surface area contributed by atoms with Gasteiger partial charge in [-0.05, 0) is 26.7 Å². The molecule has 0 atom stereocenters. The Balaban J connectivity index is 2.33. The third-order valence-electron chi connectivity index (χ3n) is 3.13. The largest absolute Gasteiger partial charge is 0.352 e. The molecule has 0 heterocycles. The van der Waals surface area contributed by atoms with E-state index in [1.54, 1.807) is 0 Å². The van der Waals surface area contributed by atoms with Crippen molar-refractivity contribution in [1.29, 1.82) is 0 Å². The molecule has 1 aliphatic carbocycles. The van der Waals surface area contributed by atoms with Gasteiger partial charge in [0.1, 0.15) is 5.78 Å². The van der Waals surface area contributed by atoms with Crippen LogP contribution in [0.4, 0.5) is 0 Å². The molecule has 0 aromatic carbocycles. The van der Waals surface area contributed by atoms with Gasteiger partial charge in [0.2, 0.25) is 0 Å². The van der Waals surface area contributed by atoms with Crippen molar-refractivity contribution < 1.29 is 14.3 Å². The summed E-state index contributed by atoms with van der Waals surface area (Å²) < 4.78 is 10.8. The predicted octanol–water partition coefficient (Wildman–Crippen LogP) is 2.93. The summed E-state index contributed by atoms with van der Waals surface area (Å²) in [5.41, 5.74) is 0. The molecular formula is C13H24O3. The lowest BCUT2D eigenvalue weighted by Gasteiger charge is -2.23. The summed E-state index contributed by atoms with van der Waals surface area (Å²) in [6.45, 7) is 5.05. The summed E-state index contributed by atoms with van der Waals surface area (Å²) >= 11 is 0. The minimum Gasteiger partial charge on any atom is -0.352 e. The van der Waals surface area contributed by atoms with E-state index in [1.807, 2.05) is 13.8 Å². The van der Waals surface area contributed by atoms with Crippen LogP contribution in [0.1, 0.15) is 52.4 Å². The average Bonchev–Trinajstić information content (AvgIpc) is 2.31. The first-order valence-corrected chi connectivity index (χ1v) is 6.53. The molecule has 3 heteroatoms. The van der Waals surface area contributed by atoms with Gasteiger partial charge in [0, 0.05) is 19.1 Å². The van der Waals surface area contributed by atoms with Crippen molar-refractivity contribution in [3.63, 3.8) is 0 Å². The number of carbonyl (C=O) groups is 1. The second-order valence-electron chi connectivity index (χ2n) is 4.35. The Hall–Kier alpha value is -0.410. The van der Waals surface area contributed by atoms with E-state index in [2.05, 4.69) is 0 Å². The highest BCUT2D eigenvalue weighted by atomic mass is 16.7. The first-order valence-electron chi connectivity index (χ1n) is 6.53. The van der Waals surface area contributed by atoms with E-state index in [4.69, 9.17) is 9.47 Å². The summed E-state index contributed by atoms with van der Waals surface area (Å²) in [4.78, 5) is 12.0. The fraction of sp³-hybridized carbons (Fsp3) is 0.923. The zero-order valence-electron chi connectivity index (χ0n) is 10.5. The van der Waals surface area contributed by atoms with Crippen molar-refractivity contribution in [2.75, 3.05) is 13.2 Å². The van der Waals surface area contributed by atoms with Crippen LogP contribution in [-0.2, 0) is 14.3 Å². The maximum absolute atomic E-state index is 12.0. The number of hydrogen-bond acceptors (Lipinski definition) is 3. The van der Waals surface area contributed by atoms with Crippen LogP contribution in [0.25, 0.3) is 0 Å². The number of carbonyl (C=O) groups excluding carboxylic acids is 1. The summed E-state index contributed by atoms with van der Waals surface area (Å²) in [7, 11) is 0. The molecule has 1 rings (SSSR count). The molecule has 1 aliphatic rings. The van der Waals surface area contributed by atoms with Crippen LogP contribution in [0.5, 0.6) is 0 Å². The van der Waals surface area contributed by atoms with Gasteiger partial charge in [-0.25, -0.2) is 0 Å². The maximum atomic E-state index is 12.0. The third kappa shape index (κ3) is 4.62. The zero-order chi connectivity index (χ0) is 11.8. The molecule has 0 aromatic heterocycles. The van der Waals surface area contributed by atoms with Crippen LogP contribution in [0.2, 0.25) is 0 Å². The van der Waals surface area contributed by atoms with E-state index < -0.39 is 0 Å². The summed E-state index contributed by atoms with van der Waals surface area (Å²) in [6.07, 6.45) is 5.89. The van der Waals surface area contributed by atoms with E-state index >= 15 is 0 Å². The smallest absolute Gasteiger partial charge is 0.164 e. The lowest BCUT2D eigenvalue weighted by molar-refractivity contribution is -0.154. The quantitative estimate of drug-likeness (QED) is 0.628. The predicted molar refractivity (Wildman–Crippen MR) is 63.2 cm³/mol. The molecule has 0 N–H and O–H groups in total. The van der Waals surface area contributed by atoms with Crippen LogP contribution >= 0.6 is 0 Å². The summed E-state index contributed by atoms with van der Waals surface area (Å²) in [6, 6.07) is 0. The van der Waals surface area contributed by atoms with Crippen molar-refractivity contribution in [3.05, 3.63) is 0 Å². The van der Waals surface area contributed by atoms with Gasteiger partial charge in [-0.3, -0.25) is 4.79 Å². The Labute approximate surface area is 98.5 Å².